The topological polar surface area (TPSA) is 36.9 Å². The predicted octanol–water partition coefficient (Wildman–Crippen LogP) is 5.11. The first-order chi connectivity index (χ1) is 12.8. The number of piperidine rings is 1. The van der Waals surface area contributed by atoms with Crippen LogP contribution < -0.4 is 5.32 Å². The average Bonchev–Trinajstić information content (AvgIpc) is 3.37. The lowest BCUT2D eigenvalue weighted by Gasteiger charge is -2.34. The van der Waals surface area contributed by atoms with Crippen LogP contribution in [-0.4, -0.2) is 49.7 Å². The molecule has 2 fully saturated rings. The zero-order chi connectivity index (χ0) is 18.2. The molecule has 2 heterocycles. The number of rotatable bonds is 7. The van der Waals surface area contributed by atoms with Crippen molar-refractivity contribution in [1.29, 1.82) is 0 Å². The lowest BCUT2D eigenvalue weighted by atomic mass is 10.1. The minimum atomic E-state index is 0. The third kappa shape index (κ3) is 7.20. The highest BCUT2D eigenvalue weighted by Crippen LogP contribution is 2.26. The summed E-state index contributed by atoms with van der Waals surface area (Å²) < 4.78 is 6.22. The van der Waals surface area contributed by atoms with E-state index in [1.165, 1.54) is 31.2 Å². The van der Waals surface area contributed by atoms with E-state index in [0.717, 1.165) is 57.5 Å². The molecule has 1 saturated carbocycles. The second-order valence-corrected chi connectivity index (χ2v) is 8.60. The van der Waals surface area contributed by atoms with Gasteiger partial charge in [-0.3, -0.25) is 4.99 Å². The molecule has 1 N–H and O–H groups in total. The van der Waals surface area contributed by atoms with Crippen molar-refractivity contribution in [2.45, 2.75) is 64.4 Å². The number of nitrogens with one attached hydrogen (secondary N) is 1. The van der Waals surface area contributed by atoms with Crippen LogP contribution in [0.2, 0.25) is 0 Å². The van der Waals surface area contributed by atoms with E-state index in [4.69, 9.17) is 9.73 Å². The molecule has 4 nitrogen and oxygen atoms in total. The summed E-state index contributed by atoms with van der Waals surface area (Å²) in [6.45, 7) is 9.26. The van der Waals surface area contributed by atoms with Crippen LogP contribution in [0.4, 0.5) is 0 Å². The number of ether oxygens (including phenoxy) is 1. The van der Waals surface area contributed by atoms with Crippen molar-refractivity contribution in [3.63, 3.8) is 0 Å². The summed E-state index contributed by atoms with van der Waals surface area (Å²) >= 11 is 1.77. The molecule has 27 heavy (non-hydrogen) atoms. The molecule has 0 radical (unpaired) electrons. The number of thiophene rings is 1. The number of hydrogen-bond donors (Lipinski definition) is 1. The fourth-order valence-corrected chi connectivity index (χ4v) is 4.78. The van der Waals surface area contributed by atoms with Crippen LogP contribution in [0.3, 0.4) is 0 Å². The number of guanidine groups is 1. The average molecular weight is 506 g/mol. The molecule has 0 aromatic carbocycles. The SMILES string of the molecule is CCNC(=NCC(C)c1ccsc1)N1CCC(OCC2CCCC2)CC1.I. The van der Waals surface area contributed by atoms with Crippen LogP contribution in [0.1, 0.15) is 63.9 Å². The van der Waals surface area contributed by atoms with Gasteiger partial charge in [-0.25, -0.2) is 0 Å². The van der Waals surface area contributed by atoms with Gasteiger partial charge in [0, 0.05) is 38.7 Å². The van der Waals surface area contributed by atoms with Gasteiger partial charge >= 0.3 is 0 Å². The number of aliphatic imine (C=N–C) groups is 1. The highest BCUT2D eigenvalue weighted by Gasteiger charge is 2.24. The van der Waals surface area contributed by atoms with E-state index in [1.54, 1.807) is 11.3 Å². The van der Waals surface area contributed by atoms with Crippen molar-refractivity contribution >= 4 is 41.3 Å². The lowest BCUT2D eigenvalue weighted by molar-refractivity contribution is 0.00101. The molecule has 3 rings (SSSR count). The highest BCUT2D eigenvalue weighted by molar-refractivity contribution is 14.0. The number of halogens is 1. The maximum absolute atomic E-state index is 6.22. The summed E-state index contributed by atoms with van der Waals surface area (Å²) in [5.41, 5.74) is 1.40. The molecule has 6 heteroatoms. The Morgan fingerprint density at radius 1 is 1.30 bits per heavy atom. The molecular weight excluding hydrogens is 469 g/mol. The molecular formula is C21H36IN3OS. The Morgan fingerprint density at radius 3 is 2.67 bits per heavy atom. The third-order valence-corrected chi connectivity index (χ3v) is 6.45. The Kier molecular flexibility index (Phi) is 10.4. The summed E-state index contributed by atoms with van der Waals surface area (Å²) in [4.78, 5) is 7.34. The number of likely N-dealkylation sites (tertiary alicyclic amines) is 1. The largest absolute Gasteiger partial charge is 0.378 e. The normalized spacial score (nSPS) is 20.5. The molecule has 0 spiro atoms. The van der Waals surface area contributed by atoms with Crippen molar-refractivity contribution in [2.75, 3.05) is 32.8 Å². The fraction of sp³-hybridized carbons (Fsp3) is 0.762. The zero-order valence-corrected chi connectivity index (χ0v) is 20.0. The summed E-state index contributed by atoms with van der Waals surface area (Å²) in [5, 5.41) is 7.87. The molecule has 1 atom stereocenters. The van der Waals surface area contributed by atoms with Crippen LogP contribution in [-0.2, 0) is 4.74 Å². The zero-order valence-electron chi connectivity index (χ0n) is 16.9. The van der Waals surface area contributed by atoms with Gasteiger partial charge in [0.2, 0.25) is 0 Å². The van der Waals surface area contributed by atoms with Crippen LogP contribution in [0.15, 0.2) is 21.8 Å². The smallest absolute Gasteiger partial charge is 0.193 e. The van der Waals surface area contributed by atoms with Crippen LogP contribution in [0, 0.1) is 5.92 Å². The van der Waals surface area contributed by atoms with Crippen LogP contribution in [0.25, 0.3) is 0 Å². The van der Waals surface area contributed by atoms with E-state index >= 15 is 0 Å². The predicted molar refractivity (Wildman–Crippen MR) is 127 cm³/mol. The summed E-state index contributed by atoms with van der Waals surface area (Å²) in [7, 11) is 0. The third-order valence-electron chi connectivity index (χ3n) is 5.75. The van der Waals surface area contributed by atoms with Gasteiger partial charge in [0.15, 0.2) is 5.96 Å². The van der Waals surface area contributed by atoms with E-state index in [9.17, 15) is 0 Å². The van der Waals surface area contributed by atoms with Crippen LogP contribution >= 0.6 is 35.3 Å². The molecule has 0 bridgehead atoms. The first-order valence-electron chi connectivity index (χ1n) is 10.4. The fourth-order valence-electron chi connectivity index (χ4n) is 3.99. The van der Waals surface area contributed by atoms with Crippen molar-refractivity contribution in [3.05, 3.63) is 22.4 Å². The van der Waals surface area contributed by atoms with Gasteiger partial charge in [0.05, 0.1) is 6.10 Å². The second kappa shape index (κ2) is 12.3. The minimum absolute atomic E-state index is 0. The molecule has 1 aromatic rings. The van der Waals surface area contributed by atoms with Crippen molar-refractivity contribution in [1.82, 2.24) is 10.2 Å². The molecule has 2 aliphatic rings. The summed E-state index contributed by atoms with van der Waals surface area (Å²) in [6.07, 6.45) is 8.24. The molecule has 0 amide bonds. The van der Waals surface area contributed by atoms with Gasteiger partial charge in [-0.05, 0) is 60.9 Å². The van der Waals surface area contributed by atoms with Crippen LogP contribution in [0.5, 0.6) is 0 Å². The second-order valence-electron chi connectivity index (χ2n) is 7.82. The van der Waals surface area contributed by atoms with Gasteiger partial charge in [-0.15, -0.1) is 24.0 Å². The molecule has 1 unspecified atom stereocenters. The maximum atomic E-state index is 6.22. The van der Waals surface area contributed by atoms with E-state index in [0.29, 0.717) is 12.0 Å². The molecule has 1 saturated heterocycles. The monoisotopic (exact) mass is 505 g/mol. The Morgan fingerprint density at radius 2 is 2.04 bits per heavy atom. The Labute approximate surface area is 186 Å². The Balaban J connectivity index is 0.00000261. The lowest BCUT2D eigenvalue weighted by Crippen LogP contribution is -2.47. The van der Waals surface area contributed by atoms with Gasteiger partial charge in [0.25, 0.3) is 0 Å². The maximum Gasteiger partial charge on any atom is 0.193 e. The molecule has 1 aliphatic carbocycles. The number of hydrogen-bond acceptors (Lipinski definition) is 3. The molecule has 1 aliphatic heterocycles. The van der Waals surface area contributed by atoms with Gasteiger partial charge in [0.1, 0.15) is 0 Å². The molecule has 154 valence electrons. The first-order valence-corrected chi connectivity index (χ1v) is 11.4. The van der Waals surface area contributed by atoms with E-state index in [-0.39, 0.29) is 24.0 Å². The molecule has 1 aromatic heterocycles. The van der Waals surface area contributed by atoms with E-state index in [1.807, 2.05) is 0 Å². The van der Waals surface area contributed by atoms with Gasteiger partial charge < -0.3 is 15.0 Å². The van der Waals surface area contributed by atoms with Crippen molar-refractivity contribution < 1.29 is 4.74 Å². The Bertz CT molecular complexity index is 538. The van der Waals surface area contributed by atoms with Gasteiger partial charge in [-0.1, -0.05) is 19.8 Å². The first kappa shape index (κ1) is 22.9. The Hall–Kier alpha value is -0.340. The van der Waals surface area contributed by atoms with Gasteiger partial charge in [-0.2, -0.15) is 11.3 Å². The highest BCUT2D eigenvalue weighted by atomic mass is 127. The summed E-state index contributed by atoms with van der Waals surface area (Å²) in [6, 6.07) is 2.21. The standard InChI is InChI=1S/C21H35N3OS.HI/c1-3-22-21(23-14-17(2)19-10-13-26-16-19)24-11-8-20(9-12-24)25-15-18-6-4-5-7-18;/h10,13,16-18,20H,3-9,11-12,14-15H2,1-2H3,(H,22,23);1H. The minimum Gasteiger partial charge on any atom is -0.378 e. The quantitative estimate of drug-likeness (QED) is 0.318. The number of nitrogens with zero attached hydrogens (tertiary/aromatic N) is 2. The summed E-state index contributed by atoms with van der Waals surface area (Å²) in [5.74, 6) is 2.37. The van der Waals surface area contributed by atoms with E-state index < -0.39 is 0 Å². The van der Waals surface area contributed by atoms with E-state index in [2.05, 4.69) is 40.9 Å². The van der Waals surface area contributed by atoms with Crippen molar-refractivity contribution in [3.8, 4) is 0 Å². The van der Waals surface area contributed by atoms with Crippen molar-refractivity contribution in [2.24, 2.45) is 10.9 Å².